The Bertz CT molecular complexity index is 356. The van der Waals surface area contributed by atoms with Crippen molar-refractivity contribution in [1.29, 1.82) is 0 Å². The van der Waals surface area contributed by atoms with Crippen LogP contribution in [0.5, 0.6) is 0 Å². The van der Waals surface area contributed by atoms with Crippen LogP contribution in [0.15, 0.2) is 0 Å². The van der Waals surface area contributed by atoms with Gasteiger partial charge in [0.05, 0.1) is 17.9 Å². The fraction of sp³-hybridized carbons (Fsp3) is 0.727. The second-order valence-corrected chi connectivity index (χ2v) is 4.67. The lowest BCUT2D eigenvalue weighted by Gasteiger charge is -2.21. The number of nitrogens with two attached hydrogens (primary N) is 1. The Morgan fingerprint density at radius 3 is 2.18 bits per heavy atom. The van der Waals surface area contributed by atoms with Crippen LogP contribution < -0.4 is 5.73 Å². The quantitative estimate of drug-likeness (QED) is 0.613. The lowest BCUT2D eigenvalue weighted by atomic mass is 10.00. The minimum atomic E-state index is -0.582. The Morgan fingerprint density at radius 2 is 1.82 bits per heavy atom. The lowest BCUT2D eigenvalue weighted by Crippen LogP contribution is -2.43. The molecule has 0 radical (unpaired) electrons. The Labute approximate surface area is 99.7 Å². The zero-order valence-electron chi connectivity index (χ0n) is 10.0. The summed E-state index contributed by atoms with van der Waals surface area (Å²) >= 11 is 0. The smallest absolute Gasteiger partial charge is 0.239 e. The number of amides is 3. The van der Waals surface area contributed by atoms with E-state index in [1.165, 1.54) is 9.80 Å². The topological polar surface area (TPSA) is 83.7 Å². The maximum atomic E-state index is 11.9. The van der Waals surface area contributed by atoms with Gasteiger partial charge in [0.2, 0.25) is 17.7 Å². The van der Waals surface area contributed by atoms with Gasteiger partial charge >= 0.3 is 0 Å². The number of carbonyl (C=O) groups is 3. The van der Waals surface area contributed by atoms with Crippen LogP contribution in [0, 0.1) is 11.8 Å². The van der Waals surface area contributed by atoms with Crippen LogP contribution in [0.25, 0.3) is 0 Å². The van der Waals surface area contributed by atoms with Gasteiger partial charge in [-0.25, -0.2) is 0 Å². The number of imide groups is 1. The van der Waals surface area contributed by atoms with Crippen molar-refractivity contribution < 1.29 is 14.4 Å². The molecule has 2 fully saturated rings. The largest absolute Gasteiger partial charge is 0.340 e. The summed E-state index contributed by atoms with van der Waals surface area (Å²) in [6.07, 6.45) is 0. The van der Waals surface area contributed by atoms with Gasteiger partial charge < -0.3 is 10.6 Å². The third-order valence-electron chi connectivity index (χ3n) is 3.50. The zero-order chi connectivity index (χ0) is 12.7. The first-order valence-corrected chi connectivity index (χ1v) is 5.87. The van der Waals surface area contributed by atoms with Crippen LogP contribution in [0.1, 0.15) is 13.8 Å². The van der Waals surface area contributed by atoms with Crippen LogP contribution in [-0.2, 0) is 14.4 Å². The molecule has 6 heteroatoms. The molecule has 0 aromatic heterocycles. The van der Waals surface area contributed by atoms with E-state index in [-0.39, 0.29) is 29.6 Å². The summed E-state index contributed by atoms with van der Waals surface area (Å²) in [6.45, 7) is 4.45. The number of fused-ring (bicyclic) bond motifs is 1. The van der Waals surface area contributed by atoms with Crippen LogP contribution in [0.2, 0.25) is 0 Å². The molecule has 2 N–H and O–H groups in total. The van der Waals surface area contributed by atoms with Gasteiger partial charge in [-0.3, -0.25) is 19.3 Å². The van der Waals surface area contributed by atoms with Crippen molar-refractivity contribution in [2.45, 2.75) is 19.9 Å². The number of hydrogen-bond acceptors (Lipinski definition) is 4. The Balaban J connectivity index is 2.13. The molecule has 0 aromatic carbocycles. The van der Waals surface area contributed by atoms with Gasteiger partial charge in [-0.05, 0) is 13.8 Å². The molecule has 94 valence electrons. The molecule has 17 heavy (non-hydrogen) atoms. The highest BCUT2D eigenvalue weighted by atomic mass is 16.2. The molecule has 0 bridgehead atoms. The Kier molecular flexibility index (Phi) is 2.91. The number of likely N-dealkylation sites (tertiary alicyclic amines) is 2. The van der Waals surface area contributed by atoms with Crippen molar-refractivity contribution in [3.05, 3.63) is 0 Å². The summed E-state index contributed by atoms with van der Waals surface area (Å²) in [5.74, 6) is -1.21. The molecule has 2 aliphatic rings. The van der Waals surface area contributed by atoms with Gasteiger partial charge in [0, 0.05) is 19.6 Å². The van der Waals surface area contributed by atoms with Crippen molar-refractivity contribution in [2.75, 3.05) is 19.6 Å². The Hall–Kier alpha value is -1.43. The van der Waals surface area contributed by atoms with Crippen molar-refractivity contribution in [3.8, 4) is 0 Å². The van der Waals surface area contributed by atoms with E-state index in [9.17, 15) is 14.4 Å². The highest BCUT2D eigenvalue weighted by molar-refractivity contribution is 6.06. The molecule has 2 aliphatic heterocycles. The summed E-state index contributed by atoms with van der Waals surface area (Å²) in [5.41, 5.74) is 5.52. The number of hydrogen-bond donors (Lipinski definition) is 1. The van der Waals surface area contributed by atoms with Crippen molar-refractivity contribution in [1.82, 2.24) is 9.80 Å². The third kappa shape index (κ3) is 1.72. The van der Waals surface area contributed by atoms with Gasteiger partial charge in [0.15, 0.2) is 0 Å². The average molecular weight is 239 g/mol. The van der Waals surface area contributed by atoms with Gasteiger partial charge in [-0.15, -0.1) is 0 Å². The highest BCUT2D eigenvalue weighted by Crippen LogP contribution is 2.33. The highest BCUT2D eigenvalue weighted by Gasteiger charge is 2.52. The van der Waals surface area contributed by atoms with Crippen molar-refractivity contribution in [2.24, 2.45) is 17.6 Å². The number of rotatable bonds is 2. The molecule has 2 rings (SSSR count). The van der Waals surface area contributed by atoms with E-state index in [2.05, 4.69) is 0 Å². The molecular weight excluding hydrogens is 222 g/mol. The van der Waals surface area contributed by atoms with E-state index in [0.717, 1.165) is 0 Å². The van der Waals surface area contributed by atoms with Gasteiger partial charge in [0.1, 0.15) is 0 Å². The van der Waals surface area contributed by atoms with Crippen molar-refractivity contribution in [3.63, 3.8) is 0 Å². The summed E-state index contributed by atoms with van der Waals surface area (Å²) in [6, 6.07) is -0.582. The van der Waals surface area contributed by atoms with Gasteiger partial charge in [-0.1, -0.05) is 0 Å². The van der Waals surface area contributed by atoms with E-state index in [1.54, 1.807) is 13.8 Å². The van der Waals surface area contributed by atoms with Crippen molar-refractivity contribution >= 4 is 17.7 Å². The molecule has 0 aromatic rings. The molecule has 0 saturated carbocycles. The first kappa shape index (κ1) is 12.0. The molecule has 3 amide bonds. The van der Waals surface area contributed by atoms with Gasteiger partial charge in [-0.2, -0.15) is 0 Å². The monoisotopic (exact) mass is 239 g/mol. The summed E-state index contributed by atoms with van der Waals surface area (Å²) in [4.78, 5) is 38.3. The molecule has 6 nitrogen and oxygen atoms in total. The third-order valence-corrected chi connectivity index (χ3v) is 3.50. The average Bonchev–Trinajstić information content (AvgIpc) is 2.80. The fourth-order valence-electron chi connectivity index (χ4n) is 2.59. The molecule has 3 atom stereocenters. The minimum Gasteiger partial charge on any atom is -0.340 e. The van der Waals surface area contributed by atoms with E-state index in [4.69, 9.17) is 5.73 Å². The fourth-order valence-corrected chi connectivity index (χ4v) is 2.59. The standard InChI is InChI=1S/C11H17N3O3/c1-3-14-10(16)7-4-13(9(15)6(2)12)5-8(7)11(14)17/h6-8H,3-5,12H2,1-2H3/t6-,7-,8-/m1/s1. The predicted octanol–water partition coefficient (Wildman–Crippen LogP) is -1.20. The predicted molar refractivity (Wildman–Crippen MR) is 59.6 cm³/mol. The van der Waals surface area contributed by atoms with E-state index in [1.807, 2.05) is 0 Å². The van der Waals surface area contributed by atoms with E-state index in [0.29, 0.717) is 19.6 Å². The maximum Gasteiger partial charge on any atom is 0.239 e. The Morgan fingerprint density at radius 1 is 1.35 bits per heavy atom. The van der Waals surface area contributed by atoms with E-state index < -0.39 is 6.04 Å². The first-order valence-electron chi connectivity index (χ1n) is 5.87. The summed E-state index contributed by atoms with van der Waals surface area (Å²) in [7, 11) is 0. The molecule has 0 unspecified atom stereocenters. The normalized spacial score (nSPS) is 29.8. The minimum absolute atomic E-state index is 0.150. The second kappa shape index (κ2) is 4.10. The SMILES string of the molecule is CCN1C(=O)[C@@H]2CN(C(=O)[C@@H](C)N)C[C@H]2C1=O. The van der Waals surface area contributed by atoms with Crippen LogP contribution in [0.4, 0.5) is 0 Å². The summed E-state index contributed by atoms with van der Waals surface area (Å²) < 4.78 is 0. The number of nitrogens with zero attached hydrogens (tertiary/aromatic N) is 2. The molecule has 0 aliphatic carbocycles. The molecule has 0 spiro atoms. The lowest BCUT2D eigenvalue weighted by molar-refractivity contribution is -0.141. The molecule has 2 saturated heterocycles. The molecular formula is C11H17N3O3. The number of carbonyl (C=O) groups excluding carboxylic acids is 3. The zero-order valence-corrected chi connectivity index (χ0v) is 10.0. The molecule has 2 heterocycles. The van der Waals surface area contributed by atoms with Crippen LogP contribution >= 0.6 is 0 Å². The second-order valence-electron chi connectivity index (χ2n) is 4.67. The van der Waals surface area contributed by atoms with Gasteiger partial charge in [0.25, 0.3) is 0 Å². The van der Waals surface area contributed by atoms with Crippen LogP contribution in [-0.4, -0.2) is 53.2 Å². The summed E-state index contributed by atoms with van der Waals surface area (Å²) in [5, 5.41) is 0. The first-order chi connectivity index (χ1) is 7.97. The van der Waals surface area contributed by atoms with Crippen LogP contribution in [0.3, 0.4) is 0 Å². The maximum absolute atomic E-state index is 11.9. The van der Waals surface area contributed by atoms with E-state index >= 15 is 0 Å².